The number of piperidine rings is 1. The Balaban J connectivity index is 1.83. The average Bonchev–Trinajstić information content (AvgIpc) is 3.01. The first-order valence-corrected chi connectivity index (χ1v) is 8.42. The summed E-state index contributed by atoms with van der Waals surface area (Å²) in [6, 6.07) is 5.83. The summed E-state index contributed by atoms with van der Waals surface area (Å²) in [5, 5.41) is 4.54. The van der Waals surface area contributed by atoms with E-state index in [4.69, 9.17) is 23.2 Å². The van der Waals surface area contributed by atoms with Crippen molar-refractivity contribution in [3.63, 3.8) is 0 Å². The molecule has 1 aromatic rings. The molecule has 21 heavy (non-hydrogen) atoms. The van der Waals surface area contributed by atoms with Crippen LogP contribution in [0, 0.1) is 0 Å². The van der Waals surface area contributed by atoms with Crippen molar-refractivity contribution in [1.29, 1.82) is 0 Å². The van der Waals surface area contributed by atoms with Crippen LogP contribution in [0.3, 0.4) is 0 Å². The molecule has 114 valence electrons. The summed E-state index contributed by atoms with van der Waals surface area (Å²) in [4.78, 5) is 14.9. The van der Waals surface area contributed by atoms with Crippen LogP contribution in [-0.2, 0) is 0 Å². The third-order valence-electron chi connectivity index (χ3n) is 4.53. The first-order valence-electron chi connectivity index (χ1n) is 7.66. The minimum absolute atomic E-state index is 0.0371. The van der Waals surface area contributed by atoms with Gasteiger partial charge in [-0.25, -0.2) is 0 Å². The van der Waals surface area contributed by atoms with Crippen molar-refractivity contribution < 1.29 is 4.79 Å². The van der Waals surface area contributed by atoms with Gasteiger partial charge in [0, 0.05) is 23.7 Å². The number of hydrogen-bond acceptors (Lipinski definition) is 2. The third kappa shape index (κ3) is 3.20. The normalized spacial score (nSPS) is 26.1. The molecule has 3 nitrogen and oxygen atoms in total. The molecule has 0 aliphatic carbocycles. The molecule has 3 rings (SSSR count). The van der Waals surface area contributed by atoms with E-state index in [-0.39, 0.29) is 5.91 Å². The monoisotopic (exact) mass is 326 g/mol. The standard InChI is InChI=1S/C16H20Cl2N2O/c17-11-6-7-12(13(18)10-11)16(21)20-9-2-1-5-15(20)14-4-3-8-19-14/h6-7,10,14-15,19H,1-5,8-9H2. The molecule has 0 spiro atoms. The Morgan fingerprint density at radius 1 is 1.19 bits per heavy atom. The lowest BCUT2D eigenvalue weighted by Gasteiger charge is -2.39. The highest BCUT2D eigenvalue weighted by Crippen LogP contribution is 2.28. The molecule has 5 heteroatoms. The number of benzene rings is 1. The Labute approximate surface area is 135 Å². The molecule has 0 bridgehead atoms. The van der Waals surface area contributed by atoms with Crippen molar-refractivity contribution in [2.24, 2.45) is 0 Å². The Kier molecular flexibility index (Phi) is 4.72. The second-order valence-electron chi connectivity index (χ2n) is 5.89. The fourth-order valence-corrected chi connectivity index (χ4v) is 3.97. The third-order valence-corrected chi connectivity index (χ3v) is 5.08. The quantitative estimate of drug-likeness (QED) is 0.897. The van der Waals surface area contributed by atoms with Crippen LogP contribution in [0.15, 0.2) is 18.2 Å². The highest BCUT2D eigenvalue weighted by atomic mass is 35.5. The van der Waals surface area contributed by atoms with Gasteiger partial charge in [0.15, 0.2) is 0 Å². The van der Waals surface area contributed by atoms with Crippen molar-refractivity contribution >= 4 is 29.1 Å². The molecule has 2 heterocycles. The van der Waals surface area contributed by atoms with Crippen LogP contribution in [0.25, 0.3) is 0 Å². The Bertz CT molecular complexity index is 529. The van der Waals surface area contributed by atoms with Gasteiger partial charge >= 0.3 is 0 Å². The number of amides is 1. The van der Waals surface area contributed by atoms with E-state index in [0.717, 1.165) is 32.4 Å². The number of hydrogen-bond donors (Lipinski definition) is 1. The second-order valence-corrected chi connectivity index (χ2v) is 6.73. The fourth-order valence-electron chi connectivity index (χ4n) is 3.49. The van der Waals surface area contributed by atoms with E-state index in [1.54, 1.807) is 18.2 Å². The van der Waals surface area contributed by atoms with E-state index in [0.29, 0.717) is 27.7 Å². The van der Waals surface area contributed by atoms with Crippen molar-refractivity contribution in [2.75, 3.05) is 13.1 Å². The van der Waals surface area contributed by atoms with Crippen molar-refractivity contribution in [1.82, 2.24) is 10.2 Å². The average molecular weight is 327 g/mol. The Hall–Kier alpha value is -0.770. The Morgan fingerprint density at radius 2 is 2.05 bits per heavy atom. The van der Waals surface area contributed by atoms with Gasteiger partial charge in [0.2, 0.25) is 0 Å². The van der Waals surface area contributed by atoms with Crippen LogP contribution < -0.4 is 5.32 Å². The second kappa shape index (κ2) is 6.55. The van der Waals surface area contributed by atoms with E-state index >= 15 is 0 Å². The summed E-state index contributed by atoms with van der Waals surface area (Å²) in [7, 11) is 0. The van der Waals surface area contributed by atoms with E-state index in [1.807, 2.05) is 4.90 Å². The zero-order chi connectivity index (χ0) is 14.8. The fraction of sp³-hybridized carbons (Fsp3) is 0.562. The predicted octanol–water partition coefficient (Wildman–Crippen LogP) is 3.74. The molecule has 2 aliphatic heterocycles. The minimum Gasteiger partial charge on any atom is -0.334 e. The van der Waals surface area contributed by atoms with Gasteiger partial charge < -0.3 is 10.2 Å². The largest absolute Gasteiger partial charge is 0.334 e. The summed E-state index contributed by atoms with van der Waals surface area (Å²) in [5.41, 5.74) is 0.561. The summed E-state index contributed by atoms with van der Waals surface area (Å²) in [6.45, 7) is 1.88. The molecule has 2 atom stereocenters. The van der Waals surface area contributed by atoms with Crippen molar-refractivity contribution in [2.45, 2.75) is 44.2 Å². The summed E-state index contributed by atoms with van der Waals surface area (Å²) >= 11 is 12.1. The van der Waals surface area contributed by atoms with Crippen LogP contribution in [0.5, 0.6) is 0 Å². The highest BCUT2D eigenvalue weighted by Gasteiger charge is 2.35. The molecular weight excluding hydrogens is 307 g/mol. The maximum Gasteiger partial charge on any atom is 0.255 e. The van der Waals surface area contributed by atoms with Gasteiger partial charge in [0.25, 0.3) is 5.91 Å². The maximum atomic E-state index is 12.9. The lowest BCUT2D eigenvalue weighted by atomic mass is 9.93. The van der Waals surface area contributed by atoms with Gasteiger partial charge in [-0.2, -0.15) is 0 Å². The molecule has 0 radical (unpaired) electrons. The van der Waals surface area contributed by atoms with Gasteiger partial charge in [-0.3, -0.25) is 4.79 Å². The van der Waals surface area contributed by atoms with Crippen LogP contribution in [-0.4, -0.2) is 36.0 Å². The minimum atomic E-state index is 0.0371. The van der Waals surface area contributed by atoms with Gasteiger partial charge in [0.1, 0.15) is 0 Å². The van der Waals surface area contributed by atoms with Crippen molar-refractivity contribution in [3.8, 4) is 0 Å². The zero-order valence-electron chi connectivity index (χ0n) is 11.9. The molecule has 2 saturated heterocycles. The van der Waals surface area contributed by atoms with Gasteiger partial charge in [-0.1, -0.05) is 23.2 Å². The van der Waals surface area contributed by atoms with E-state index in [2.05, 4.69) is 5.32 Å². The highest BCUT2D eigenvalue weighted by molar-refractivity contribution is 6.36. The van der Waals surface area contributed by atoms with Crippen LogP contribution >= 0.6 is 23.2 Å². The van der Waals surface area contributed by atoms with E-state index in [1.165, 1.54) is 12.8 Å². The van der Waals surface area contributed by atoms with Crippen LogP contribution in [0.2, 0.25) is 10.0 Å². The summed E-state index contributed by atoms with van der Waals surface area (Å²) < 4.78 is 0. The first kappa shape index (κ1) is 15.1. The molecule has 1 aromatic carbocycles. The predicted molar refractivity (Wildman–Crippen MR) is 86.2 cm³/mol. The number of rotatable bonds is 2. The van der Waals surface area contributed by atoms with Crippen LogP contribution in [0.4, 0.5) is 0 Å². The van der Waals surface area contributed by atoms with Gasteiger partial charge in [0.05, 0.1) is 10.6 Å². The molecule has 0 saturated carbocycles. The summed E-state index contributed by atoms with van der Waals surface area (Å²) in [5.74, 6) is 0.0371. The number of nitrogens with one attached hydrogen (secondary N) is 1. The van der Waals surface area contributed by atoms with E-state index in [9.17, 15) is 4.79 Å². The maximum absolute atomic E-state index is 12.9. The number of likely N-dealkylation sites (tertiary alicyclic amines) is 1. The molecule has 1 amide bonds. The molecule has 2 unspecified atom stereocenters. The molecule has 2 aliphatic rings. The van der Waals surface area contributed by atoms with E-state index < -0.39 is 0 Å². The smallest absolute Gasteiger partial charge is 0.255 e. The van der Waals surface area contributed by atoms with Crippen molar-refractivity contribution in [3.05, 3.63) is 33.8 Å². The SMILES string of the molecule is O=C(c1ccc(Cl)cc1Cl)N1CCCCC1C1CCCN1. The lowest BCUT2D eigenvalue weighted by Crippen LogP contribution is -2.52. The lowest BCUT2D eigenvalue weighted by molar-refractivity contribution is 0.0564. The molecule has 0 aromatic heterocycles. The topological polar surface area (TPSA) is 32.3 Å². The van der Waals surface area contributed by atoms with Crippen LogP contribution in [0.1, 0.15) is 42.5 Å². The summed E-state index contributed by atoms with van der Waals surface area (Å²) in [6.07, 6.45) is 5.70. The molecule has 1 N–H and O–H groups in total. The van der Waals surface area contributed by atoms with Gasteiger partial charge in [-0.15, -0.1) is 0 Å². The number of carbonyl (C=O) groups excluding carboxylic acids is 1. The number of carbonyl (C=O) groups is 1. The Morgan fingerprint density at radius 3 is 2.76 bits per heavy atom. The molecule has 2 fully saturated rings. The number of nitrogens with zero attached hydrogens (tertiary/aromatic N) is 1. The van der Waals surface area contributed by atoms with Gasteiger partial charge in [-0.05, 0) is 56.8 Å². The zero-order valence-corrected chi connectivity index (χ0v) is 13.5. The molecular formula is C16H20Cl2N2O. The first-order chi connectivity index (χ1) is 10.2. The number of halogens is 2.